The van der Waals surface area contributed by atoms with E-state index in [2.05, 4.69) is 43.8 Å². The van der Waals surface area contributed by atoms with Crippen LogP contribution in [-0.4, -0.2) is 45.4 Å². The summed E-state index contributed by atoms with van der Waals surface area (Å²) in [4.78, 5) is 9.59. The molecule has 2 aromatic rings. The Morgan fingerprint density at radius 1 is 1.19 bits per heavy atom. The lowest BCUT2D eigenvalue weighted by Gasteiger charge is -2.33. The lowest BCUT2D eigenvalue weighted by atomic mass is 9.82. The summed E-state index contributed by atoms with van der Waals surface area (Å²) in [6.07, 6.45) is 9.34. The zero-order valence-electron chi connectivity index (χ0n) is 15.7. The molecule has 5 rings (SSSR count). The van der Waals surface area contributed by atoms with Crippen molar-refractivity contribution >= 4 is 0 Å². The molecule has 144 valence electrons. The molecular formula is C19H28N8. The van der Waals surface area contributed by atoms with Crippen LogP contribution in [0.5, 0.6) is 0 Å². The second-order valence-electron chi connectivity index (χ2n) is 8.04. The molecule has 0 bridgehead atoms. The Morgan fingerprint density at radius 3 is 2.89 bits per heavy atom. The first-order chi connectivity index (χ1) is 13.3. The highest BCUT2D eigenvalue weighted by Crippen LogP contribution is 2.38. The van der Waals surface area contributed by atoms with Gasteiger partial charge in [-0.3, -0.25) is 10.1 Å². The highest BCUT2D eigenvalue weighted by molar-refractivity contribution is 5.18. The third kappa shape index (κ3) is 3.38. The number of rotatable bonds is 3. The van der Waals surface area contributed by atoms with Crippen molar-refractivity contribution in [2.24, 2.45) is 13.0 Å². The monoisotopic (exact) mass is 368 g/mol. The largest absolute Gasteiger partial charge is 0.317 e. The summed E-state index contributed by atoms with van der Waals surface area (Å²) < 4.78 is 1.88. The van der Waals surface area contributed by atoms with Gasteiger partial charge >= 0.3 is 0 Å². The lowest BCUT2D eigenvalue weighted by Crippen LogP contribution is -2.46. The van der Waals surface area contributed by atoms with Gasteiger partial charge in [0.25, 0.3) is 0 Å². The summed E-state index contributed by atoms with van der Waals surface area (Å²) >= 11 is 0. The maximum absolute atomic E-state index is 4.99. The maximum atomic E-state index is 4.99. The van der Waals surface area contributed by atoms with Crippen molar-refractivity contribution in [1.82, 2.24) is 41.2 Å². The molecule has 3 fully saturated rings. The summed E-state index contributed by atoms with van der Waals surface area (Å²) in [5.41, 5.74) is 9.37. The predicted octanol–water partition coefficient (Wildman–Crippen LogP) is 0.545. The quantitative estimate of drug-likeness (QED) is 0.629. The molecule has 0 radical (unpaired) electrons. The van der Waals surface area contributed by atoms with Gasteiger partial charge in [-0.2, -0.15) is 5.10 Å². The Bertz CT molecular complexity index is 784. The molecule has 3 aliphatic heterocycles. The molecule has 0 aromatic carbocycles. The van der Waals surface area contributed by atoms with E-state index < -0.39 is 0 Å². The summed E-state index contributed by atoms with van der Waals surface area (Å²) in [7, 11) is 1.97. The Morgan fingerprint density at radius 2 is 2.07 bits per heavy atom. The van der Waals surface area contributed by atoms with E-state index in [1.807, 2.05) is 24.1 Å². The van der Waals surface area contributed by atoms with Crippen LogP contribution in [0, 0.1) is 5.92 Å². The maximum Gasteiger partial charge on any atom is 0.131 e. The topological polar surface area (TPSA) is 91.7 Å². The second kappa shape index (κ2) is 7.27. The van der Waals surface area contributed by atoms with Crippen LogP contribution in [0.25, 0.3) is 0 Å². The highest BCUT2D eigenvalue weighted by atomic mass is 15.4. The average molecular weight is 368 g/mol. The molecule has 4 N–H and O–H groups in total. The molecule has 3 saturated heterocycles. The van der Waals surface area contributed by atoms with Gasteiger partial charge in [0, 0.05) is 55.5 Å². The van der Waals surface area contributed by atoms with Crippen molar-refractivity contribution in [3.05, 3.63) is 41.7 Å². The van der Waals surface area contributed by atoms with Crippen LogP contribution < -0.4 is 21.5 Å². The van der Waals surface area contributed by atoms with Crippen LogP contribution in [-0.2, 0) is 7.05 Å². The molecule has 0 amide bonds. The number of hydrazine groups is 1. The lowest BCUT2D eigenvalue weighted by molar-refractivity contribution is 0.265. The van der Waals surface area contributed by atoms with E-state index in [0.717, 1.165) is 50.4 Å². The molecule has 5 heterocycles. The number of nitrogens with one attached hydrogen (secondary N) is 4. The van der Waals surface area contributed by atoms with E-state index in [1.54, 1.807) is 0 Å². The number of nitrogens with zero attached hydrogens (tertiary/aromatic N) is 4. The Labute approximate surface area is 159 Å². The van der Waals surface area contributed by atoms with Gasteiger partial charge in [-0.25, -0.2) is 15.4 Å². The minimum Gasteiger partial charge on any atom is -0.317 e. The normalized spacial score (nSPS) is 31.7. The molecule has 8 heteroatoms. The zero-order valence-corrected chi connectivity index (χ0v) is 15.7. The predicted molar refractivity (Wildman–Crippen MR) is 102 cm³/mol. The van der Waals surface area contributed by atoms with Crippen LogP contribution >= 0.6 is 0 Å². The SMILES string of the molecule is Cn1cc(C2CC3C(CN2)NNC3c2ccnc(C3CCNCC3)n2)cn1. The van der Waals surface area contributed by atoms with Crippen LogP contribution in [0.2, 0.25) is 0 Å². The highest BCUT2D eigenvalue weighted by Gasteiger charge is 2.42. The first-order valence-corrected chi connectivity index (χ1v) is 10.0. The van der Waals surface area contributed by atoms with Crippen LogP contribution in [0.1, 0.15) is 54.3 Å². The van der Waals surface area contributed by atoms with Gasteiger partial charge in [-0.1, -0.05) is 0 Å². The molecule has 8 nitrogen and oxygen atoms in total. The molecule has 4 unspecified atom stereocenters. The summed E-state index contributed by atoms with van der Waals surface area (Å²) in [6.45, 7) is 3.06. The molecule has 0 saturated carbocycles. The van der Waals surface area contributed by atoms with E-state index in [9.17, 15) is 0 Å². The number of aryl methyl sites for hydroxylation is 1. The zero-order chi connectivity index (χ0) is 18.2. The first-order valence-electron chi connectivity index (χ1n) is 10.0. The van der Waals surface area contributed by atoms with Crippen molar-refractivity contribution < 1.29 is 0 Å². The third-order valence-electron chi connectivity index (χ3n) is 6.31. The minimum atomic E-state index is 0.222. The van der Waals surface area contributed by atoms with Gasteiger partial charge < -0.3 is 10.6 Å². The van der Waals surface area contributed by atoms with Gasteiger partial charge in [-0.05, 0) is 38.4 Å². The van der Waals surface area contributed by atoms with Gasteiger partial charge in [0.05, 0.1) is 17.9 Å². The Kier molecular flexibility index (Phi) is 4.65. The average Bonchev–Trinajstić information content (AvgIpc) is 3.34. The van der Waals surface area contributed by atoms with Gasteiger partial charge in [0.1, 0.15) is 5.82 Å². The Balaban J connectivity index is 1.35. The van der Waals surface area contributed by atoms with Gasteiger partial charge in [0.2, 0.25) is 0 Å². The number of aromatic nitrogens is 4. The number of fused-ring (bicyclic) bond motifs is 1. The summed E-state index contributed by atoms with van der Waals surface area (Å²) in [6, 6.07) is 3.06. The third-order valence-corrected chi connectivity index (χ3v) is 6.31. The number of hydrogen-bond acceptors (Lipinski definition) is 7. The Hall–Kier alpha value is -1.87. The molecule has 0 spiro atoms. The van der Waals surface area contributed by atoms with Crippen molar-refractivity contribution in [1.29, 1.82) is 0 Å². The minimum absolute atomic E-state index is 0.222. The number of hydrogen-bond donors (Lipinski definition) is 4. The van der Waals surface area contributed by atoms with E-state index in [-0.39, 0.29) is 6.04 Å². The molecule has 2 aromatic heterocycles. The fourth-order valence-corrected chi connectivity index (χ4v) is 4.78. The second-order valence-corrected chi connectivity index (χ2v) is 8.04. The fourth-order valence-electron chi connectivity index (χ4n) is 4.78. The van der Waals surface area contributed by atoms with Gasteiger partial charge in [-0.15, -0.1) is 0 Å². The van der Waals surface area contributed by atoms with Crippen molar-refractivity contribution in [3.63, 3.8) is 0 Å². The van der Waals surface area contributed by atoms with E-state index in [0.29, 0.717) is 23.9 Å². The number of piperidine rings is 2. The first kappa shape index (κ1) is 17.2. The van der Waals surface area contributed by atoms with Crippen molar-refractivity contribution in [3.8, 4) is 0 Å². The summed E-state index contributed by atoms with van der Waals surface area (Å²) in [5, 5.41) is 11.4. The molecular weight excluding hydrogens is 340 g/mol. The van der Waals surface area contributed by atoms with Crippen LogP contribution in [0.3, 0.4) is 0 Å². The molecule has 3 aliphatic rings. The van der Waals surface area contributed by atoms with E-state index >= 15 is 0 Å². The standard InChI is InChI=1S/C19H28N8/c1-27-11-13(9-23-27)16-8-14-17(10-22-16)25-26-18(14)15-4-7-21-19(24-15)12-2-5-20-6-3-12/h4,7,9,11-12,14,16-18,20,22,25-26H,2-3,5-6,8,10H2,1H3. The van der Waals surface area contributed by atoms with Crippen molar-refractivity contribution in [2.75, 3.05) is 19.6 Å². The molecule has 27 heavy (non-hydrogen) atoms. The fraction of sp³-hybridized carbons (Fsp3) is 0.632. The molecule has 0 aliphatic carbocycles. The molecule has 4 atom stereocenters. The van der Waals surface area contributed by atoms with E-state index in [1.165, 1.54) is 5.56 Å². The smallest absolute Gasteiger partial charge is 0.131 e. The summed E-state index contributed by atoms with van der Waals surface area (Å²) in [5.74, 6) is 1.98. The van der Waals surface area contributed by atoms with E-state index in [4.69, 9.17) is 4.98 Å². The van der Waals surface area contributed by atoms with Gasteiger partial charge in [0.15, 0.2) is 0 Å². The van der Waals surface area contributed by atoms with Crippen molar-refractivity contribution in [2.45, 2.75) is 43.3 Å². The van der Waals surface area contributed by atoms with Crippen LogP contribution in [0.15, 0.2) is 24.7 Å². The van der Waals surface area contributed by atoms with Crippen LogP contribution in [0.4, 0.5) is 0 Å².